The van der Waals surface area contributed by atoms with Gasteiger partial charge in [0.2, 0.25) is 5.88 Å². The van der Waals surface area contributed by atoms with E-state index in [0.29, 0.717) is 44.8 Å². The van der Waals surface area contributed by atoms with Gasteiger partial charge in [0.1, 0.15) is 0 Å². The van der Waals surface area contributed by atoms with Crippen molar-refractivity contribution in [2.75, 3.05) is 20.3 Å². The Hall–Kier alpha value is -1.17. The van der Waals surface area contributed by atoms with Crippen molar-refractivity contribution in [3.63, 3.8) is 0 Å². The first-order valence-corrected chi connectivity index (χ1v) is 6.67. The van der Waals surface area contributed by atoms with Crippen molar-refractivity contribution in [1.29, 1.82) is 0 Å². The zero-order valence-corrected chi connectivity index (χ0v) is 11.1. The zero-order chi connectivity index (χ0) is 13.3. The van der Waals surface area contributed by atoms with E-state index in [9.17, 15) is 5.11 Å². The molecule has 3 rings (SSSR count). The van der Waals surface area contributed by atoms with Crippen LogP contribution in [0.25, 0.3) is 0 Å². The molecule has 1 aromatic rings. The molecule has 0 radical (unpaired) electrons. The predicted octanol–water partition coefficient (Wildman–Crippen LogP) is 1.59. The smallest absolute Gasteiger partial charge is 0.219 e. The minimum atomic E-state index is -0.903. The van der Waals surface area contributed by atoms with Crippen LogP contribution in [0.5, 0.6) is 5.88 Å². The maximum Gasteiger partial charge on any atom is 0.219 e. The van der Waals surface area contributed by atoms with Crippen molar-refractivity contribution < 1.29 is 19.3 Å². The van der Waals surface area contributed by atoms with Crippen molar-refractivity contribution in [3.8, 4) is 5.88 Å². The largest absolute Gasteiger partial charge is 0.481 e. The van der Waals surface area contributed by atoms with Gasteiger partial charge in [0.15, 0.2) is 5.79 Å². The molecule has 1 aliphatic heterocycles. The lowest BCUT2D eigenvalue weighted by Gasteiger charge is -2.40. The highest BCUT2D eigenvalue weighted by molar-refractivity contribution is 5.32. The Kier molecular flexibility index (Phi) is 3.20. The Morgan fingerprint density at radius 1 is 1.21 bits per heavy atom. The quantitative estimate of drug-likeness (QED) is 0.880. The lowest BCUT2D eigenvalue weighted by Crippen LogP contribution is -2.42. The van der Waals surface area contributed by atoms with Crippen LogP contribution < -0.4 is 4.74 Å². The monoisotopic (exact) mass is 265 g/mol. The van der Waals surface area contributed by atoms with E-state index in [1.807, 2.05) is 12.1 Å². The zero-order valence-electron chi connectivity index (χ0n) is 11.1. The molecule has 0 atom stereocenters. The fraction of sp³-hybridized carbons (Fsp3) is 0.643. The highest BCUT2D eigenvalue weighted by atomic mass is 16.7. The topological polar surface area (TPSA) is 60.8 Å². The van der Waals surface area contributed by atoms with E-state index >= 15 is 0 Å². The number of aromatic nitrogens is 1. The van der Waals surface area contributed by atoms with Crippen LogP contribution >= 0.6 is 0 Å². The van der Waals surface area contributed by atoms with Crippen molar-refractivity contribution in [2.24, 2.45) is 0 Å². The third kappa shape index (κ3) is 2.22. The third-order valence-corrected chi connectivity index (χ3v) is 4.12. The summed E-state index contributed by atoms with van der Waals surface area (Å²) < 4.78 is 16.6. The first-order valence-electron chi connectivity index (χ1n) is 6.67. The molecule has 19 heavy (non-hydrogen) atoms. The summed E-state index contributed by atoms with van der Waals surface area (Å²) in [6.07, 6.45) is 4.24. The van der Waals surface area contributed by atoms with Gasteiger partial charge in [-0.15, -0.1) is 0 Å². The van der Waals surface area contributed by atoms with E-state index in [2.05, 4.69) is 4.98 Å². The van der Waals surface area contributed by atoms with Gasteiger partial charge in [-0.05, 0) is 25.0 Å². The second kappa shape index (κ2) is 4.74. The Balaban J connectivity index is 1.81. The number of methoxy groups -OCH3 is 1. The summed E-state index contributed by atoms with van der Waals surface area (Å²) in [7, 11) is 1.57. The molecule has 1 saturated heterocycles. The van der Waals surface area contributed by atoms with Crippen LogP contribution in [0.4, 0.5) is 0 Å². The summed E-state index contributed by atoms with van der Waals surface area (Å²) in [6, 6.07) is 3.70. The molecule has 2 fully saturated rings. The molecule has 5 heteroatoms. The molecule has 0 amide bonds. The van der Waals surface area contributed by atoms with Gasteiger partial charge in [-0.1, -0.05) is 0 Å². The lowest BCUT2D eigenvalue weighted by atomic mass is 9.77. The van der Waals surface area contributed by atoms with E-state index in [4.69, 9.17) is 14.2 Å². The summed E-state index contributed by atoms with van der Waals surface area (Å²) in [5, 5.41) is 10.9. The standard InChI is InChI=1S/C14H19NO4/c1-17-12-11(3-2-8-15-12)13(16)4-6-14(7-5-13)18-9-10-19-14/h2-3,8,16H,4-7,9-10H2,1H3. The Morgan fingerprint density at radius 2 is 1.89 bits per heavy atom. The molecule has 5 nitrogen and oxygen atoms in total. The minimum Gasteiger partial charge on any atom is -0.481 e. The average molecular weight is 265 g/mol. The molecule has 2 heterocycles. The van der Waals surface area contributed by atoms with E-state index in [-0.39, 0.29) is 0 Å². The van der Waals surface area contributed by atoms with E-state index < -0.39 is 11.4 Å². The summed E-state index contributed by atoms with van der Waals surface area (Å²) in [5.41, 5.74) is -0.148. The predicted molar refractivity (Wildman–Crippen MR) is 67.8 cm³/mol. The molecule has 0 bridgehead atoms. The third-order valence-electron chi connectivity index (χ3n) is 4.12. The number of hydrogen-bond acceptors (Lipinski definition) is 5. The molecule has 0 aromatic carbocycles. The number of rotatable bonds is 2. The summed E-state index contributed by atoms with van der Waals surface area (Å²) in [6.45, 7) is 1.29. The molecular formula is C14H19NO4. The van der Waals surface area contributed by atoms with Gasteiger partial charge in [0, 0.05) is 24.6 Å². The normalized spacial score (nSPS) is 24.5. The summed E-state index contributed by atoms with van der Waals surface area (Å²) >= 11 is 0. The molecule has 104 valence electrons. The van der Waals surface area contributed by atoms with Gasteiger partial charge in [0.05, 0.1) is 25.9 Å². The van der Waals surface area contributed by atoms with Crippen LogP contribution in [0.2, 0.25) is 0 Å². The van der Waals surface area contributed by atoms with Gasteiger partial charge in [-0.3, -0.25) is 0 Å². The first kappa shape index (κ1) is 12.8. The van der Waals surface area contributed by atoms with Crippen LogP contribution in [-0.2, 0) is 15.1 Å². The number of pyridine rings is 1. The Bertz CT molecular complexity index is 447. The van der Waals surface area contributed by atoms with Crippen LogP contribution in [-0.4, -0.2) is 36.2 Å². The number of ether oxygens (including phenoxy) is 3. The van der Waals surface area contributed by atoms with Gasteiger partial charge in [0.25, 0.3) is 0 Å². The first-order chi connectivity index (χ1) is 9.18. The summed E-state index contributed by atoms with van der Waals surface area (Å²) in [4.78, 5) is 4.16. The maximum absolute atomic E-state index is 10.9. The van der Waals surface area contributed by atoms with Crippen molar-refractivity contribution in [1.82, 2.24) is 4.98 Å². The van der Waals surface area contributed by atoms with Gasteiger partial charge >= 0.3 is 0 Å². The van der Waals surface area contributed by atoms with E-state index in [1.165, 1.54) is 0 Å². The van der Waals surface area contributed by atoms with E-state index in [1.54, 1.807) is 13.3 Å². The lowest BCUT2D eigenvalue weighted by molar-refractivity contribution is -0.204. The number of aliphatic hydroxyl groups is 1. The molecule has 1 N–H and O–H groups in total. The van der Waals surface area contributed by atoms with Crippen LogP contribution in [0.1, 0.15) is 31.2 Å². The van der Waals surface area contributed by atoms with Crippen LogP contribution in [0, 0.1) is 0 Å². The molecular weight excluding hydrogens is 246 g/mol. The van der Waals surface area contributed by atoms with Crippen molar-refractivity contribution in [3.05, 3.63) is 23.9 Å². The number of nitrogens with zero attached hydrogens (tertiary/aromatic N) is 1. The molecule has 2 aliphatic rings. The van der Waals surface area contributed by atoms with Gasteiger partial charge < -0.3 is 19.3 Å². The highest BCUT2D eigenvalue weighted by Gasteiger charge is 2.47. The van der Waals surface area contributed by atoms with Gasteiger partial charge in [-0.25, -0.2) is 4.98 Å². The van der Waals surface area contributed by atoms with E-state index in [0.717, 1.165) is 5.56 Å². The summed E-state index contributed by atoms with van der Waals surface area (Å²) in [5.74, 6) is 0.0241. The molecule has 1 spiro atoms. The van der Waals surface area contributed by atoms with Crippen LogP contribution in [0.15, 0.2) is 18.3 Å². The van der Waals surface area contributed by atoms with Gasteiger partial charge in [-0.2, -0.15) is 0 Å². The fourth-order valence-electron chi connectivity index (χ4n) is 3.01. The van der Waals surface area contributed by atoms with Crippen LogP contribution in [0.3, 0.4) is 0 Å². The Morgan fingerprint density at radius 3 is 2.53 bits per heavy atom. The number of hydrogen-bond donors (Lipinski definition) is 1. The molecule has 0 unspecified atom stereocenters. The molecule has 1 aliphatic carbocycles. The Labute approximate surface area is 112 Å². The maximum atomic E-state index is 10.9. The van der Waals surface area contributed by atoms with Crippen molar-refractivity contribution in [2.45, 2.75) is 37.1 Å². The molecule has 1 saturated carbocycles. The highest BCUT2D eigenvalue weighted by Crippen LogP contribution is 2.46. The second-order valence-corrected chi connectivity index (χ2v) is 5.20. The molecule has 1 aromatic heterocycles. The van der Waals surface area contributed by atoms with Crippen molar-refractivity contribution >= 4 is 0 Å². The second-order valence-electron chi connectivity index (χ2n) is 5.20. The SMILES string of the molecule is COc1ncccc1C1(O)CCC2(CC1)OCCO2. The minimum absolute atomic E-state index is 0.471. The average Bonchev–Trinajstić information content (AvgIpc) is 2.91. The fourth-order valence-corrected chi connectivity index (χ4v) is 3.01.